The second-order valence-corrected chi connectivity index (χ2v) is 6.45. The number of sulfonamides is 1. The number of anilines is 1. The largest absolute Gasteiger partial charge is 0.279 e. The summed E-state index contributed by atoms with van der Waals surface area (Å²) < 4.78 is 29.0. The zero-order chi connectivity index (χ0) is 15.0. The Morgan fingerprint density at radius 1 is 1.38 bits per heavy atom. The van der Waals surface area contributed by atoms with Gasteiger partial charge in [0.25, 0.3) is 10.0 Å². The highest BCUT2D eigenvalue weighted by Crippen LogP contribution is 2.21. The smallest absolute Gasteiger partial charge is 0.275 e. The van der Waals surface area contributed by atoms with E-state index >= 15 is 0 Å². The maximum atomic E-state index is 12.4. The summed E-state index contributed by atoms with van der Waals surface area (Å²) in [5.74, 6) is 0. The molecule has 3 aromatic rings. The van der Waals surface area contributed by atoms with Crippen molar-refractivity contribution in [3.63, 3.8) is 0 Å². The molecular weight excluding hydrogens is 292 g/mol. The van der Waals surface area contributed by atoms with Crippen LogP contribution in [0.2, 0.25) is 0 Å². The molecule has 3 aromatic heterocycles. The standard InChI is InChI=1S/C12H14N6O2S/c1-8(2)18-7-9(6-14-18)17-21(19,20)12-10-4-3-5-13-11(10)15-16-12/h3-8,17H,1-2H3,(H,13,15,16). The molecule has 0 aliphatic rings. The maximum absolute atomic E-state index is 12.4. The molecule has 8 nitrogen and oxygen atoms in total. The van der Waals surface area contributed by atoms with Gasteiger partial charge in [-0.15, -0.1) is 0 Å². The number of fused-ring (bicyclic) bond motifs is 1. The van der Waals surface area contributed by atoms with Crippen LogP contribution >= 0.6 is 0 Å². The Balaban J connectivity index is 1.96. The van der Waals surface area contributed by atoms with Gasteiger partial charge in [-0.2, -0.15) is 18.6 Å². The summed E-state index contributed by atoms with van der Waals surface area (Å²) >= 11 is 0. The van der Waals surface area contributed by atoms with Crippen LogP contribution in [0.15, 0.2) is 35.7 Å². The molecule has 0 unspecified atom stereocenters. The van der Waals surface area contributed by atoms with Gasteiger partial charge in [-0.05, 0) is 26.0 Å². The lowest BCUT2D eigenvalue weighted by Gasteiger charge is -2.05. The first-order valence-electron chi connectivity index (χ1n) is 6.33. The number of hydrogen-bond donors (Lipinski definition) is 2. The minimum Gasteiger partial charge on any atom is -0.275 e. The third-order valence-corrected chi connectivity index (χ3v) is 4.30. The minimum absolute atomic E-state index is 0.0112. The van der Waals surface area contributed by atoms with E-state index in [9.17, 15) is 8.42 Å². The molecule has 0 radical (unpaired) electrons. The predicted molar refractivity (Wildman–Crippen MR) is 77.3 cm³/mol. The van der Waals surface area contributed by atoms with E-state index < -0.39 is 10.0 Å². The summed E-state index contributed by atoms with van der Waals surface area (Å²) in [7, 11) is -3.77. The van der Waals surface area contributed by atoms with Gasteiger partial charge in [-0.1, -0.05) is 0 Å². The quantitative estimate of drug-likeness (QED) is 0.760. The van der Waals surface area contributed by atoms with Crippen molar-refractivity contribution in [2.45, 2.75) is 24.9 Å². The molecule has 9 heteroatoms. The number of nitrogens with zero attached hydrogens (tertiary/aromatic N) is 4. The molecule has 21 heavy (non-hydrogen) atoms. The van der Waals surface area contributed by atoms with Crippen LogP contribution in [0.4, 0.5) is 5.69 Å². The van der Waals surface area contributed by atoms with Crippen LogP contribution in [-0.4, -0.2) is 33.4 Å². The van der Waals surface area contributed by atoms with E-state index in [1.807, 2.05) is 13.8 Å². The molecule has 0 aliphatic carbocycles. The highest BCUT2D eigenvalue weighted by atomic mass is 32.2. The van der Waals surface area contributed by atoms with Crippen molar-refractivity contribution in [2.24, 2.45) is 0 Å². The third-order valence-electron chi connectivity index (χ3n) is 2.95. The average molecular weight is 306 g/mol. The zero-order valence-electron chi connectivity index (χ0n) is 11.5. The van der Waals surface area contributed by atoms with Crippen LogP contribution in [-0.2, 0) is 10.0 Å². The number of pyridine rings is 1. The predicted octanol–water partition coefficient (Wildman–Crippen LogP) is 1.54. The van der Waals surface area contributed by atoms with E-state index in [0.29, 0.717) is 16.7 Å². The molecule has 0 aliphatic heterocycles. The average Bonchev–Trinajstić information content (AvgIpc) is 3.04. The lowest BCUT2D eigenvalue weighted by molar-refractivity contribution is 0.532. The molecule has 0 spiro atoms. The Labute approximate surface area is 121 Å². The summed E-state index contributed by atoms with van der Waals surface area (Å²) in [6.07, 6.45) is 4.66. The lowest BCUT2D eigenvalue weighted by atomic mass is 10.4. The fraction of sp³-hybridized carbons (Fsp3) is 0.250. The molecule has 3 rings (SSSR count). The normalized spacial score (nSPS) is 12.1. The van der Waals surface area contributed by atoms with Crippen LogP contribution in [0.3, 0.4) is 0 Å². The molecule has 0 bridgehead atoms. The van der Waals surface area contributed by atoms with Crippen molar-refractivity contribution in [1.82, 2.24) is 25.0 Å². The number of rotatable bonds is 4. The fourth-order valence-corrected chi connectivity index (χ4v) is 3.04. The fourth-order valence-electron chi connectivity index (χ4n) is 1.91. The minimum atomic E-state index is -3.77. The maximum Gasteiger partial charge on any atom is 0.279 e. The molecule has 0 aromatic carbocycles. The second-order valence-electron chi connectivity index (χ2n) is 4.84. The van der Waals surface area contributed by atoms with Crippen molar-refractivity contribution in [3.8, 4) is 0 Å². The summed E-state index contributed by atoms with van der Waals surface area (Å²) in [5, 5.41) is 10.9. The Kier molecular flexibility index (Phi) is 3.13. The van der Waals surface area contributed by atoms with Gasteiger partial charge in [0.1, 0.15) is 0 Å². The number of H-pyrrole nitrogens is 1. The van der Waals surface area contributed by atoms with Crippen LogP contribution in [0.5, 0.6) is 0 Å². The molecule has 0 saturated heterocycles. The van der Waals surface area contributed by atoms with Crippen LogP contribution in [0, 0.1) is 0 Å². The molecular formula is C12H14N6O2S. The second kappa shape index (κ2) is 4.85. The topological polar surface area (TPSA) is 106 Å². The van der Waals surface area contributed by atoms with E-state index in [-0.39, 0.29) is 11.1 Å². The number of aromatic nitrogens is 5. The number of aromatic amines is 1. The molecule has 0 saturated carbocycles. The number of nitrogens with one attached hydrogen (secondary N) is 2. The molecule has 3 heterocycles. The Morgan fingerprint density at radius 2 is 2.19 bits per heavy atom. The first-order chi connectivity index (χ1) is 9.97. The summed E-state index contributed by atoms with van der Waals surface area (Å²) in [5.41, 5.74) is 0.756. The first-order valence-corrected chi connectivity index (χ1v) is 7.82. The van der Waals surface area contributed by atoms with E-state index in [1.54, 1.807) is 29.2 Å². The van der Waals surface area contributed by atoms with Gasteiger partial charge < -0.3 is 0 Å². The highest BCUT2D eigenvalue weighted by molar-refractivity contribution is 7.92. The third kappa shape index (κ3) is 2.47. The summed E-state index contributed by atoms with van der Waals surface area (Å²) in [6.45, 7) is 3.92. The van der Waals surface area contributed by atoms with Crippen molar-refractivity contribution in [1.29, 1.82) is 0 Å². The monoisotopic (exact) mass is 306 g/mol. The van der Waals surface area contributed by atoms with E-state index in [4.69, 9.17) is 0 Å². The van der Waals surface area contributed by atoms with Crippen molar-refractivity contribution < 1.29 is 8.42 Å². The molecule has 0 fully saturated rings. The van der Waals surface area contributed by atoms with Crippen LogP contribution in [0.25, 0.3) is 11.0 Å². The van der Waals surface area contributed by atoms with E-state index in [0.717, 1.165) is 0 Å². The summed E-state index contributed by atoms with van der Waals surface area (Å²) in [4.78, 5) is 4.00. The van der Waals surface area contributed by atoms with Gasteiger partial charge in [0.2, 0.25) is 0 Å². The molecule has 2 N–H and O–H groups in total. The summed E-state index contributed by atoms with van der Waals surface area (Å²) in [6, 6.07) is 3.46. The van der Waals surface area contributed by atoms with Gasteiger partial charge >= 0.3 is 0 Å². The van der Waals surface area contributed by atoms with E-state index in [2.05, 4.69) is 25.0 Å². The zero-order valence-corrected chi connectivity index (χ0v) is 12.3. The van der Waals surface area contributed by atoms with Gasteiger partial charge in [0.15, 0.2) is 10.7 Å². The van der Waals surface area contributed by atoms with Gasteiger partial charge in [-0.25, -0.2) is 4.98 Å². The first kappa shape index (κ1) is 13.6. The van der Waals surface area contributed by atoms with Gasteiger partial charge in [-0.3, -0.25) is 14.5 Å². The molecule has 0 atom stereocenters. The van der Waals surface area contributed by atoms with Gasteiger partial charge in [0, 0.05) is 18.4 Å². The van der Waals surface area contributed by atoms with Crippen molar-refractivity contribution >= 4 is 26.7 Å². The van der Waals surface area contributed by atoms with Crippen LogP contribution < -0.4 is 4.72 Å². The Bertz CT molecular complexity index is 880. The lowest BCUT2D eigenvalue weighted by Crippen LogP contribution is -2.13. The Morgan fingerprint density at radius 3 is 2.90 bits per heavy atom. The Hall–Kier alpha value is -2.42. The highest BCUT2D eigenvalue weighted by Gasteiger charge is 2.21. The van der Waals surface area contributed by atoms with Gasteiger partial charge in [0.05, 0.1) is 17.3 Å². The van der Waals surface area contributed by atoms with Crippen molar-refractivity contribution in [3.05, 3.63) is 30.7 Å². The van der Waals surface area contributed by atoms with E-state index in [1.165, 1.54) is 6.20 Å². The van der Waals surface area contributed by atoms with Crippen LogP contribution in [0.1, 0.15) is 19.9 Å². The van der Waals surface area contributed by atoms with Crippen molar-refractivity contribution in [2.75, 3.05) is 4.72 Å². The molecule has 0 amide bonds. The molecule has 110 valence electrons. The number of hydrogen-bond acceptors (Lipinski definition) is 5. The SMILES string of the molecule is CC(C)n1cc(NS(=O)(=O)c2[nH]nc3ncccc23)cn1.